The molecule has 0 amide bonds. The van der Waals surface area contributed by atoms with Crippen molar-refractivity contribution in [3.05, 3.63) is 70.4 Å². The van der Waals surface area contributed by atoms with Gasteiger partial charge < -0.3 is 14.3 Å². The van der Waals surface area contributed by atoms with Crippen LogP contribution in [-0.4, -0.2) is 24.6 Å². The summed E-state index contributed by atoms with van der Waals surface area (Å²) < 4.78 is 45.2. The van der Waals surface area contributed by atoms with Gasteiger partial charge >= 0.3 is 10.2 Å². The Hall–Kier alpha value is -4.16. The average molecular weight is 530 g/mol. The van der Waals surface area contributed by atoms with Crippen molar-refractivity contribution in [2.75, 3.05) is 6.61 Å². The fourth-order valence-electron chi connectivity index (χ4n) is 5.73. The van der Waals surface area contributed by atoms with Gasteiger partial charge in [-0.15, -0.1) is 3.89 Å². The Labute approximate surface area is 218 Å². The smallest absolute Gasteiger partial charge is 0.332 e. The molecule has 0 unspecified atom stereocenters. The molecule has 7 nitrogen and oxygen atoms in total. The Kier molecular flexibility index (Phi) is 5.73. The van der Waals surface area contributed by atoms with E-state index in [1.54, 1.807) is 30.3 Å². The van der Waals surface area contributed by atoms with Crippen LogP contribution in [0, 0.1) is 11.3 Å². The zero-order valence-electron chi connectivity index (χ0n) is 20.6. The maximum atomic E-state index is 14.0. The SMILES string of the molecule is CCOc1cc2c(=O)c3c4ccc(C#N)cc4[nH]c3n(C3CCCC3)c2cc1-c1cccc(S(=O)(=O)F)c1. The lowest BCUT2D eigenvalue weighted by atomic mass is 10.00. The largest absolute Gasteiger partial charge is 0.493 e. The van der Waals surface area contributed by atoms with Crippen molar-refractivity contribution in [2.24, 2.45) is 0 Å². The van der Waals surface area contributed by atoms with Gasteiger partial charge in [-0.1, -0.05) is 31.0 Å². The van der Waals surface area contributed by atoms with E-state index in [2.05, 4.69) is 15.6 Å². The lowest BCUT2D eigenvalue weighted by Gasteiger charge is -2.21. The number of hydrogen-bond donors (Lipinski definition) is 1. The number of nitriles is 1. The summed E-state index contributed by atoms with van der Waals surface area (Å²) in [5.74, 6) is 0.412. The summed E-state index contributed by atoms with van der Waals surface area (Å²) in [4.78, 5) is 17.0. The van der Waals surface area contributed by atoms with E-state index < -0.39 is 15.1 Å². The van der Waals surface area contributed by atoms with E-state index in [1.165, 1.54) is 18.2 Å². The van der Waals surface area contributed by atoms with Crippen molar-refractivity contribution in [1.82, 2.24) is 9.55 Å². The molecule has 1 saturated carbocycles. The molecule has 0 aliphatic heterocycles. The summed E-state index contributed by atoms with van der Waals surface area (Å²) in [6, 6.07) is 16.8. The number of rotatable bonds is 5. The van der Waals surface area contributed by atoms with Gasteiger partial charge in [0.05, 0.1) is 39.4 Å². The van der Waals surface area contributed by atoms with Gasteiger partial charge in [0, 0.05) is 22.5 Å². The Morgan fingerprint density at radius 1 is 1.11 bits per heavy atom. The van der Waals surface area contributed by atoms with Gasteiger partial charge in [0.25, 0.3) is 0 Å². The van der Waals surface area contributed by atoms with Crippen molar-refractivity contribution in [2.45, 2.75) is 43.5 Å². The molecule has 0 atom stereocenters. The van der Waals surface area contributed by atoms with Gasteiger partial charge in [-0.3, -0.25) is 4.79 Å². The van der Waals surface area contributed by atoms with Gasteiger partial charge in [-0.05, 0) is 61.7 Å². The van der Waals surface area contributed by atoms with Crippen LogP contribution in [0.2, 0.25) is 0 Å². The molecule has 1 aliphatic rings. The normalized spacial score (nSPS) is 14.4. The number of nitrogens with one attached hydrogen (secondary N) is 1. The summed E-state index contributed by atoms with van der Waals surface area (Å²) in [6.07, 6.45) is 4.03. The average Bonchev–Trinajstić information content (AvgIpc) is 3.56. The highest BCUT2D eigenvalue weighted by Gasteiger charge is 2.25. The molecule has 192 valence electrons. The van der Waals surface area contributed by atoms with Crippen LogP contribution in [0.1, 0.15) is 44.2 Å². The number of fused-ring (bicyclic) bond motifs is 4. The molecule has 2 heterocycles. The van der Waals surface area contributed by atoms with Crippen LogP contribution < -0.4 is 10.2 Å². The first kappa shape index (κ1) is 24.2. The van der Waals surface area contributed by atoms with Crippen molar-refractivity contribution in [3.63, 3.8) is 0 Å². The van der Waals surface area contributed by atoms with Crippen LogP contribution in [0.15, 0.2) is 64.3 Å². The van der Waals surface area contributed by atoms with E-state index in [4.69, 9.17) is 4.74 Å². The van der Waals surface area contributed by atoms with Crippen molar-refractivity contribution in [3.8, 4) is 22.9 Å². The fraction of sp³-hybridized carbons (Fsp3) is 0.241. The molecule has 0 radical (unpaired) electrons. The predicted octanol–water partition coefficient (Wildman–Crippen LogP) is 6.35. The van der Waals surface area contributed by atoms with E-state index in [1.807, 2.05) is 13.0 Å². The summed E-state index contributed by atoms with van der Waals surface area (Å²) in [5.41, 5.74) is 3.46. The number of ether oxygens (including phenoxy) is 1. The Morgan fingerprint density at radius 3 is 2.61 bits per heavy atom. The Balaban J connectivity index is 1.75. The topological polar surface area (TPSA) is 105 Å². The van der Waals surface area contributed by atoms with Gasteiger partial charge in [0.1, 0.15) is 11.4 Å². The van der Waals surface area contributed by atoms with Gasteiger partial charge in [0.2, 0.25) is 0 Å². The second-order valence-corrected chi connectivity index (χ2v) is 11.0. The molecule has 1 N–H and O–H groups in total. The third kappa shape index (κ3) is 3.84. The van der Waals surface area contributed by atoms with Gasteiger partial charge in [-0.25, -0.2) is 0 Å². The summed E-state index contributed by atoms with van der Waals surface area (Å²) >= 11 is 0. The first-order valence-corrected chi connectivity index (χ1v) is 13.9. The van der Waals surface area contributed by atoms with Crippen LogP contribution in [0.3, 0.4) is 0 Å². The minimum Gasteiger partial charge on any atom is -0.493 e. The molecule has 3 aromatic carbocycles. The molecule has 1 aliphatic carbocycles. The third-order valence-electron chi connectivity index (χ3n) is 7.39. The molecule has 0 bridgehead atoms. The highest BCUT2D eigenvalue weighted by Crippen LogP contribution is 2.40. The number of aromatic nitrogens is 2. The number of benzene rings is 3. The molecule has 9 heteroatoms. The molecular formula is C29H24FN3O4S. The molecule has 38 heavy (non-hydrogen) atoms. The van der Waals surface area contributed by atoms with E-state index in [0.29, 0.717) is 56.5 Å². The molecule has 5 aromatic rings. The first-order valence-electron chi connectivity index (χ1n) is 12.6. The van der Waals surface area contributed by atoms with E-state index in [9.17, 15) is 22.4 Å². The zero-order chi connectivity index (χ0) is 26.6. The maximum absolute atomic E-state index is 14.0. The van der Waals surface area contributed by atoms with Crippen LogP contribution in [-0.2, 0) is 10.2 Å². The number of halogens is 1. The van der Waals surface area contributed by atoms with Gasteiger partial charge in [-0.2, -0.15) is 13.7 Å². The summed E-state index contributed by atoms with van der Waals surface area (Å²) in [7, 11) is -4.90. The standard InChI is InChI=1S/C29H24FN3O4S/c1-2-37-26-15-23-25(14-22(26)18-6-5-9-20(13-18)38(30,35)36)33(19-7-3-4-8-19)29-27(28(23)34)21-11-10-17(16-31)12-24(21)32-29/h5-6,9-15,19,32H,2-4,7-8H2,1H3. The minimum absolute atomic E-state index is 0.146. The van der Waals surface area contributed by atoms with Crippen LogP contribution in [0.25, 0.3) is 44.0 Å². The summed E-state index contributed by atoms with van der Waals surface area (Å²) in [5, 5.41) is 11.2. The highest BCUT2D eigenvalue weighted by molar-refractivity contribution is 7.86. The Morgan fingerprint density at radius 2 is 1.89 bits per heavy atom. The molecule has 1 fully saturated rings. The number of H-pyrrole nitrogens is 1. The number of hydrogen-bond acceptors (Lipinski definition) is 5. The molecular weight excluding hydrogens is 505 g/mol. The highest BCUT2D eigenvalue weighted by atomic mass is 32.3. The van der Waals surface area contributed by atoms with Crippen LogP contribution in [0.5, 0.6) is 5.75 Å². The molecule has 6 rings (SSSR count). The molecule has 0 spiro atoms. The molecule has 0 saturated heterocycles. The Bertz CT molecular complexity index is 1960. The fourth-order valence-corrected chi connectivity index (χ4v) is 6.23. The first-order chi connectivity index (χ1) is 18.3. The van der Waals surface area contributed by atoms with Crippen LogP contribution >= 0.6 is 0 Å². The van der Waals surface area contributed by atoms with Crippen molar-refractivity contribution in [1.29, 1.82) is 5.26 Å². The number of pyridine rings is 1. The maximum Gasteiger partial charge on any atom is 0.332 e. The van der Waals surface area contributed by atoms with E-state index >= 15 is 0 Å². The van der Waals surface area contributed by atoms with Gasteiger partial charge in [0.15, 0.2) is 5.43 Å². The second kappa shape index (κ2) is 8.99. The minimum atomic E-state index is -4.90. The quantitative estimate of drug-likeness (QED) is 0.267. The second-order valence-electron chi connectivity index (χ2n) is 9.62. The monoisotopic (exact) mass is 529 g/mol. The van der Waals surface area contributed by atoms with E-state index in [-0.39, 0.29) is 11.5 Å². The van der Waals surface area contributed by atoms with E-state index in [0.717, 1.165) is 31.1 Å². The summed E-state index contributed by atoms with van der Waals surface area (Å²) in [6.45, 7) is 2.14. The van der Waals surface area contributed by atoms with Crippen molar-refractivity contribution < 1.29 is 17.0 Å². The number of nitrogens with zero attached hydrogens (tertiary/aromatic N) is 2. The zero-order valence-corrected chi connectivity index (χ0v) is 21.4. The lowest BCUT2D eigenvalue weighted by molar-refractivity contribution is 0.342. The number of aromatic amines is 1. The lowest BCUT2D eigenvalue weighted by Crippen LogP contribution is -2.15. The third-order valence-corrected chi connectivity index (χ3v) is 8.21. The van der Waals surface area contributed by atoms with Crippen LogP contribution in [0.4, 0.5) is 3.89 Å². The van der Waals surface area contributed by atoms with Crippen molar-refractivity contribution >= 4 is 43.1 Å². The molecule has 2 aromatic heterocycles. The predicted molar refractivity (Wildman–Crippen MR) is 145 cm³/mol.